The van der Waals surface area contributed by atoms with E-state index in [-0.39, 0.29) is 12.5 Å². The maximum atomic E-state index is 11.9. The lowest BCUT2D eigenvalue weighted by Gasteiger charge is -2.08. The number of nitrogens with zero attached hydrogens (tertiary/aromatic N) is 1. The van der Waals surface area contributed by atoms with E-state index in [1.165, 1.54) is 0 Å². The Morgan fingerprint density at radius 1 is 1.24 bits per heavy atom. The summed E-state index contributed by atoms with van der Waals surface area (Å²) >= 11 is 7.53. The second-order valence-electron chi connectivity index (χ2n) is 5.49. The van der Waals surface area contributed by atoms with Crippen LogP contribution in [-0.2, 0) is 11.3 Å². The first-order valence-electron chi connectivity index (χ1n) is 7.77. The van der Waals surface area contributed by atoms with Gasteiger partial charge in [0.2, 0.25) is 0 Å². The van der Waals surface area contributed by atoms with Crippen molar-refractivity contribution >= 4 is 28.8 Å². The van der Waals surface area contributed by atoms with Gasteiger partial charge in [0, 0.05) is 16.0 Å². The Labute approximate surface area is 155 Å². The molecule has 0 fully saturated rings. The maximum absolute atomic E-state index is 11.9. The number of benzene rings is 2. The largest absolute Gasteiger partial charge is 0.484 e. The third kappa shape index (κ3) is 4.81. The zero-order valence-electron chi connectivity index (χ0n) is 13.7. The van der Waals surface area contributed by atoms with Gasteiger partial charge in [-0.1, -0.05) is 41.9 Å². The Morgan fingerprint density at radius 2 is 2.04 bits per heavy atom. The molecular weight excluding hydrogens is 356 g/mol. The number of hydrogen-bond donors (Lipinski definition) is 1. The van der Waals surface area contributed by atoms with Crippen molar-refractivity contribution in [2.75, 3.05) is 6.61 Å². The Kier molecular flexibility index (Phi) is 5.68. The molecule has 0 bridgehead atoms. The van der Waals surface area contributed by atoms with E-state index in [0.29, 0.717) is 17.3 Å². The van der Waals surface area contributed by atoms with Gasteiger partial charge in [0.15, 0.2) is 6.61 Å². The number of carbonyl (C=O) groups excluding carboxylic acids is 1. The van der Waals surface area contributed by atoms with Crippen molar-refractivity contribution in [2.45, 2.75) is 13.5 Å². The minimum atomic E-state index is -0.193. The molecule has 4 nitrogen and oxygen atoms in total. The predicted molar refractivity (Wildman–Crippen MR) is 101 cm³/mol. The third-order valence-corrected chi connectivity index (χ3v) is 4.90. The fourth-order valence-corrected chi connectivity index (χ4v) is 3.14. The van der Waals surface area contributed by atoms with Gasteiger partial charge in [-0.15, -0.1) is 11.3 Å². The molecule has 3 aromatic rings. The van der Waals surface area contributed by atoms with Gasteiger partial charge < -0.3 is 10.1 Å². The van der Waals surface area contributed by atoms with Crippen molar-refractivity contribution < 1.29 is 9.53 Å². The molecule has 0 unspecified atom stereocenters. The van der Waals surface area contributed by atoms with Crippen molar-refractivity contribution in [3.05, 3.63) is 70.2 Å². The molecule has 0 aliphatic carbocycles. The summed E-state index contributed by atoms with van der Waals surface area (Å²) in [5.74, 6) is 0.430. The van der Waals surface area contributed by atoms with Crippen molar-refractivity contribution in [1.82, 2.24) is 10.3 Å². The van der Waals surface area contributed by atoms with Crippen LogP contribution in [0.5, 0.6) is 5.75 Å². The van der Waals surface area contributed by atoms with E-state index < -0.39 is 0 Å². The lowest BCUT2D eigenvalue weighted by Crippen LogP contribution is -2.28. The first-order valence-corrected chi connectivity index (χ1v) is 9.03. The highest BCUT2D eigenvalue weighted by Crippen LogP contribution is 2.23. The summed E-state index contributed by atoms with van der Waals surface area (Å²) in [5.41, 5.74) is 2.82. The van der Waals surface area contributed by atoms with E-state index in [2.05, 4.69) is 10.3 Å². The molecule has 0 aliphatic rings. The minimum Gasteiger partial charge on any atom is -0.484 e. The number of ether oxygens (including phenoxy) is 1. The molecule has 3 rings (SSSR count). The number of thiazole rings is 1. The first kappa shape index (κ1) is 17.5. The fourth-order valence-electron chi connectivity index (χ4n) is 2.20. The van der Waals surface area contributed by atoms with Crippen LogP contribution in [0.1, 0.15) is 11.3 Å². The minimum absolute atomic E-state index is 0.0449. The van der Waals surface area contributed by atoms with Crippen molar-refractivity contribution in [3.63, 3.8) is 0 Å². The number of carbonyl (C=O) groups is 1. The van der Waals surface area contributed by atoms with Crippen LogP contribution in [0.25, 0.3) is 10.6 Å². The van der Waals surface area contributed by atoms with Crippen LogP contribution in [0.2, 0.25) is 5.02 Å². The summed E-state index contributed by atoms with van der Waals surface area (Å²) in [6.45, 7) is 2.23. The van der Waals surface area contributed by atoms with Gasteiger partial charge in [-0.2, -0.15) is 0 Å². The molecule has 0 spiro atoms. The van der Waals surface area contributed by atoms with Crippen LogP contribution in [-0.4, -0.2) is 17.5 Å². The summed E-state index contributed by atoms with van der Waals surface area (Å²) in [5, 5.41) is 6.38. The molecule has 1 amide bonds. The standard InChI is InChI=1S/C19H17ClN2O2S/c1-13-9-16(7-8-17(13)20)24-11-18(23)21-10-15-12-25-19(22-15)14-5-3-2-4-6-14/h2-9,12H,10-11H2,1H3,(H,21,23). The maximum Gasteiger partial charge on any atom is 0.258 e. The van der Waals surface area contributed by atoms with Crippen molar-refractivity contribution in [1.29, 1.82) is 0 Å². The molecule has 0 aliphatic heterocycles. The lowest BCUT2D eigenvalue weighted by molar-refractivity contribution is -0.123. The summed E-state index contributed by atoms with van der Waals surface area (Å²) in [6, 6.07) is 15.3. The highest BCUT2D eigenvalue weighted by molar-refractivity contribution is 7.13. The van der Waals surface area contributed by atoms with E-state index in [0.717, 1.165) is 21.8 Å². The molecule has 0 saturated heterocycles. The van der Waals surface area contributed by atoms with Gasteiger partial charge in [0.25, 0.3) is 5.91 Å². The Morgan fingerprint density at radius 3 is 2.80 bits per heavy atom. The van der Waals surface area contributed by atoms with E-state index in [1.807, 2.05) is 48.7 Å². The van der Waals surface area contributed by atoms with Crippen LogP contribution < -0.4 is 10.1 Å². The Bertz CT molecular complexity index is 865. The van der Waals surface area contributed by atoms with Gasteiger partial charge in [0.05, 0.1) is 12.2 Å². The van der Waals surface area contributed by atoms with Gasteiger partial charge in [-0.25, -0.2) is 4.98 Å². The van der Waals surface area contributed by atoms with Gasteiger partial charge in [-0.05, 0) is 30.7 Å². The second-order valence-corrected chi connectivity index (χ2v) is 6.75. The summed E-state index contributed by atoms with van der Waals surface area (Å²) in [4.78, 5) is 16.5. The van der Waals surface area contributed by atoms with Crippen LogP contribution in [0.4, 0.5) is 0 Å². The number of nitrogens with one attached hydrogen (secondary N) is 1. The van der Waals surface area contributed by atoms with Crippen LogP contribution in [0, 0.1) is 6.92 Å². The average Bonchev–Trinajstić information content (AvgIpc) is 3.11. The molecular formula is C19H17ClN2O2S. The Hall–Kier alpha value is -2.37. The number of amides is 1. The predicted octanol–water partition coefficient (Wildman–Crippen LogP) is 4.47. The highest BCUT2D eigenvalue weighted by atomic mass is 35.5. The topological polar surface area (TPSA) is 51.2 Å². The molecule has 128 valence electrons. The van der Waals surface area contributed by atoms with Crippen LogP contribution in [0.3, 0.4) is 0 Å². The van der Waals surface area contributed by atoms with E-state index in [1.54, 1.807) is 23.5 Å². The zero-order chi connectivity index (χ0) is 17.6. The van der Waals surface area contributed by atoms with Crippen LogP contribution in [0.15, 0.2) is 53.9 Å². The SMILES string of the molecule is Cc1cc(OCC(=O)NCc2csc(-c3ccccc3)n2)ccc1Cl. The lowest BCUT2D eigenvalue weighted by atomic mass is 10.2. The third-order valence-electron chi connectivity index (χ3n) is 3.54. The summed E-state index contributed by atoms with van der Waals surface area (Å²) < 4.78 is 5.48. The molecule has 25 heavy (non-hydrogen) atoms. The summed E-state index contributed by atoms with van der Waals surface area (Å²) in [6.07, 6.45) is 0. The molecule has 1 heterocycles. The summed E-state index contributed by atoms with van der Waals surface area (Å²) in [7, 11) is 0. The smallest absolute Gasteiger partial charge is 0.258 e. The van der Waals surface area contributed by atoms with Crippen LogP contribution >= 0.6 is 22.9 Å². The molecule has 0 saturated carbocycles. The van der Waals surface area contributed by atoms with E-state index in [9.17, 15) is 4.79 Å². The first-order chi connectivity index (χ1) is 12.1. The molecule has 6 heteroatoms. The highest BCUT2D eigenvalue weighted by Gasteiger charge is 2.07. The number of rotatable bonds is 6. The number of halogens is 1. The molecule has 0 radical (unpaired) electrons. The second kappa shape index (κ2) is 8.14. The fraction of sp³-hybridized carbons (Fsp3) is 0.158. The van der Waals surface area contributed by atoms with E-state index >= 15 is 0 Å². The normalized spacial score (nSPS) is 10.5. The monoisotopic (exact) mass is 372 g/mol. The number of hydrogen-bond acceptors (Lipinski definition) is 4. The number of aryl methyl sites for hydroxylation is 1. The Balaban J connectivity index is 1.49. The zero-order valence-corrected chi connectivity index (χ0v) is 15.2. The quantitative estimate of drug-likeness (QED) is 0.694. The van der Waals surface area contributed by atoms with Gasteiger partial charge in [-0.3, -0.25) is 4.79 Å². The van der Waals surface area contributed by atoms with E-state index in [4.69, 9.17) is 16.3 Å². The van der Waals surface area contributed by atoms with Crippen molar-refractivity contribution in [2.24, 2.45) is 0 Å². The van der Waals surface area contributed by atoms with Gasteiger partial charge >= 0.3 is 0 Å². The molecule has 0 atom stereocenters. The molecule has 1 N–H and O–H groups in total. The molecule has 1 aromatic heterocycles. The van der Waals surface area contributed by atoms with Gasteiger partial charge in [0.1, 0.15) is 10.8 Å². The van der Waals surface area contributed by atoms with Crippen molar-refractivity contribution in [3.8, 4) is 16.3 Å². The molecule has 2 aromatic carbocycles. The number of aromatic nitrogens is 1. The average molecular weight is 373 g/mol.